The first-order chi connectivity index (χ1) is 3.18. The molecule has 0 aliphatic rings. The van der Waals surface area contributed by atoms with Gasteiger partial charge in [0.05, 0.1) is 0 Å². The van der Waals surface area contributed by atoms with E-state index in [0.717, 1.165) is 15.8 Å². The van der Waals surface area contributed by atoms with Crippen molar-refractivity contribution in [3.8, 4) is 0 Å². The summed E-state index contributed by atoms with van der Waals surface area (Å²) >= 11 is 4.43. The lowest BCUT2D eigenvalue weighted by Gasteiger charge is -1.88. The molecule has 40 valence electrons. The standard InChI is InChI=1S/C4H8OSSi/c1-3(2-7)4(5)6/h2H,1,7H3,(H,5,6). The Morgan fingerprint density at radius 3 is 2.29 bits per heavy atom. The smallest absolute Gasteiger partial charge is 0.183 e. The molecule has 0 saturated carbocycles. The average Bonchev–Trinajstić information content (AvgIpc) is 1.65. The van der Waals surface area contributed by atoms with Gasteiger partial charge in [0.2, 0.25) is 0 Å². The molecule has 7 heavy (non-hydrogen) atoms. The lowest BCUT2D eigenvalue weighted by atomic mass is 10.4. The summed E-state index contributed by atoms with van der Waals surface area (Å²) in [6.07, 6.45) is 0. The van der Waals surface area contributed by atoms with Gasteiger partial charge in [0.25, 0.3) is 0 Å². The number of hydrogen-bond donors (Lipinski definition) is 1. The van der Waals surface area contributed by atoms with Gasteiger partial charge in [-0.25, -0.2) is 0 Å². The Balaban J connectivity index is 3.82. The second-order valence-electron chi connectivity index (χ2n) is 1.28. The van der Waals surface area contributed by atoms with Crippen LogP contribution in [0.15, 0.2) is 11.3 Å². The van der Waals surface area contributed by atoms with Gasteiger partial charge in [-0.15, -0.1) is 0 Å². The van der Waals surface area contributed by atoms with E-state index < -0.39 is 0 Å². The van der Waals surface area contributed by atoms with E-state index in [1.165, 1.54) is 0 Å². The van der Waals surface area contributed by atoms with Crippen LogP contribution >= 0.6 is 12.2 Å². The van der Waals surface area contributed by atoms with E-state index in [9.17, 15) is 0 Å². The molecule has 0 saturated heterocycles. The third-order valence-electron chi connectivity index (χ3n) is 0.770. The van der Waals surface area contributed by atoms with Crippen molar-refractivity contribution >= 4 is 27.5 Å². The first-order valence-electron chi connectivity index (χ1n) is 2.04. The molecule has 0 rings (SSSR count). The molecule has 0 amide bonds. The Morgan fingerprint density at radius 2 is 2.29 bits per heavy atom. The van der Waals surface area contributed by atoms with Crippen molar-refractivity contribution in [3.05, 3.63) is 11.3 Å². The summed E-state index contributed by atoms with van der Waals surface area (Å²) in [6.45, 7) is 1.80. The molecule has 0 bridgehead atoms. The largest absolute Gasteiger partial charge is 0.499 e. The van der Waals surface area contributed by atoms with Gasteiger partial charge in [-0.2, -0.15) is 0 Å². The quantitative estimate of drug-likeness (QED) is 0.311. The Kier molecular flexibility index (Phi) is 2.87. The van der Waals surface area contributed by atoms with E-state index >= 15 is 0 Å². The predicted octanol–water partition coefficient (Wildman–Crippen LogP) is 0.141. The summed E-state index contributed by atoms with van der Waals surface area (Å²) in [7, 11) is 0.961. The van der Waals surface area contributed by atoms with Crippen LogP contribution in [0.3, 0.4) is 0 Å². The molecule has 0 radical (unpaired) electrons. The lowest BCUT2D eigenvalue weighted by molar-refractivity contribution is 0.569. The Labute approximate surface area is 51.5 Å². The minimum absolute atomic E-state index is 0.0231. The van der Waals surface area contributed by atoms with Gasteiger partial charge in [-0.3, -0.25) is 0 Å². The van der Waals surface area contributed by atoms with Crippen LogP contribution in [0.25, 0.3) is 0 Å². The van der Waals surface area contributed by atoms with Crippen LogP contribution < -0.4 is 0 Å². The number of thiocarbonyl (C=S) groups is 1. The minimum atomic E-state index is 0.0231. The van der Waals surface area contributed by atoms with Gasteiger partial charge in [0.15, 0.2) is 5.05 Å². The van der Waals surface area contributed by atoms with Crippen LogP contribution in [0.4, 0.5) is 0 Å². The second kappa shape index (κ2) is 2.93. The fourth-order valence-electron chi connectivity index (χ4n) is 0.123. The molecular formula is C4H8OSSi. The molecule has 0 fully saturated rings. The molecule has 1 nitrogen and oxygen atoms in total. The maximum atomic E-state index is 8.51. The number of aliphatic hydroxyl groups is 1. The number of hydrogen-bond acceptors (Lipinski definition) is 1. The van der Waals surface area contributed by atoms with Crippen LogP contribution in [0.2, 0.25) is 0 Å². The zero-order chi connectivity index (χ0) is 5.86. The summed E-state index contributed by atoms with van der Waals surface area (Å²) < 4.78 is 0. The fourth-order valence-corrected chi connectivity index (χ4v) is 0.724. The maximum absolute atomic E-state index is 8.51. The molecule has 0 aromatic heterocycles. The molecule has 0 aliphatic carbocycles. The van der Waals surface area contributed by atoms with Crippen molar-refractivity contribution in [2.24, 2.45) is 0 Å². The summed E-state index contributed by atoms with van der Waals surface area (Å²) in [4.78, 5) is 0. The summed E-state index contributed by atoms with van der Waals surface area (Å²) in [5, 5.41) is 8.53. The molecule has 0 aliphatic heterocycles. The molecule has 0 heterocycles. The van der Waals surface area contributed by atoms with Gasteiger partial charge in [-0.1, -0.05) is 5.70 Å². The van der Waals surface area contributed by atoms with Crippen LogP contribution in [0, 0.1) is 0 Å². The zero-order valence-electron chi connectivity index (χ0n) is 4.43. The summed E-state index contributed by atoms with van der Waals surface area (Å²) in [5.74, 6) is 0. The molecule has 0 spiro atoms. The lowest BCUT2D eigenvalue weighted by Crippen LogP contribution is -1.91. The number of rotatable bonds is 1. The van der Waals surface area contributed by atoms with Gasteiger partial charge in [0.1, 0.15) is 0 Å². The third-order valence-corrected chi connectivity index (χ3v) is 1.96. The Bertz CT molecular complexity index is 108. The molecule has 3 heteroatoms. The summed E-state index contributed by atoms with van der Waals surface area (Å²) in [5.41, 5.74) is 2.73. The van der Waals surface area contributed by atoms with Crippen LogP contribution in [0.5, 0.6) is 0 Å². The van der Waals surface area contributed by atoms with Gasteiger partial charge >= 0.3 is 0 Å². The predicted molar refractivity (Wildman–Crippen MR) is 38.9 cm³/mol. The van der Waals surface area contributed by atoms with Crippen molar-refractivity contribution in [2.75, 3.05) is 0 Å². The second-order valence-corrected chi connectivity index (χ2v) is 2.24. The van der Waals surface area contributed by atoms with E-state index in [1.54, 1.807) is 6.92 Å². The molecule has 0 unspecified atom stereocenters. The number of aliphatic hydroxyl groups excluding tert-OH is 1. The van der Waals surface area contributed by atoms with E-state index in [-0.39, 0.29) is 5.05 Å². The van der Waals surface area contributed by atoms with E-state index in [4.69, 9.17) is 5.11 Å². The summed E-state index contributed by atoms with van der Waals surface area (Å²) in [6, 6.07) is 0. The Morgan fingerprint density at radius 1 is 1.86 bits per heavy atom. The van der Waals surface area contributed by atoms with Crippen LogP contribution in [-0.4, -0.2) is 20.4 Å². The highest BCUT2D eigenvalue weighted by Crippen LogP contribution is 1.89. The highest BCUT2D eigenvalue weighted by Gasteiger charge is 1.87. The highest BCUT2D eigenvalue weighted by atomic mass is 32.1. The van der Waals surface area contributed by atoms with E-state index in [2.05, 4.69) is 12.2 Å². The fraction of sp³-hybridized carbons (Fsp3) is 0.250. The monoisotopic (exact) mass is 132 g/mol. The van der Waals surface area contributed by atoms with Crippen molar-refractivity contribution in [1.29, 1.82) is 0 Å². The van der Waals surface area contributed by atoms with Gasteiger partial charge in [-0.05, 0) is 24.7 Å². The maximum Gasteiger partial charge on any atom is 0.183 e. The first kappa shape index (κ1) is 6.85. The molecule has 0 atom stereocenters. The topological polar surface area (TPSA) is 20.2 Å². The first-order valence-corrected chi connectivity index (χ1v) is 3.61. The van der Waals surface area contributed by atoms with Gasteiger partial charge in [0, 0.05) is 10.2 Å². The third kappa shape index (κ3) is 2.53. The molecule has 0 aromatic rings. The molecule has 0 aromatic carbocycles. The SMILES string of the molecule is CC(=C[SiH3])C(O)=S. The van der Waals surface area contributed by atoms with Crippen LogP contribution in [-0.2, 0) is 0 Å². The average molecular weight is 132 g/mol. The normalized spacial score (nSPS) is 11.9. The molecular weight excluding hydrogens is 124 g/mol. The molecule has 1 N–H and O–H groups in total. The van der Waals surface area contributed by atoms with Crippen LogP contribution in [0.1, 0.15) is 6.92 Å². The van der Waals surface area contributed by atoms with Crippen molar-refractivity contribution < 1.29 is 5.11 Å². The van der Waals surface area contributed by atoms with E-state index in [0.29, 0.717) is 0 Å². The van der Waals surface area contributed by atoms with Gasteiger partial charge < -0.3 is 5.11 Å². The van der Waals surface area contributed by atoms with Crippen molar-refractivity contribution in [3.63, 3.8) is 0 Å². The minimum Gasteiger partial charge on any atom is -0.499 e. The van der Waals surface area contributed by atoms with E-state index in [1.807, 2.05) is 5.70 Å². The van der Waals surface area contributed by atoms with Crippen molar-refractivity contribution in [1.82, 2.24) is 0 Å². The Hall–Kier alpha value is -0.153. The zero-order valence-corrected chi connectivity index (χ0v) is 7.25. The van der Waals surface area contributed by atoms with Crippen molar-refractivity contribution in [2.45, 2.75) is 6.92 Å². The highest BCUT2D eigenvalue weighted by molar-refractivity contribution is 7.80.